The number of rotatable bonds is 11. The molecule has 0 aromatic heterocycles. The smallest absolute Gasteiger partial charge is 0.0654 e. The highest BCUT2D eigenvalue weighted by Gasteiger charge is 1.91. The molecular formula is C14H32Mg. The molecule has 0 atom stereocenters. The third kappa shape index (κ3) is 17.4. The predicted octanol–water partition coefficient (Wildman–Crippen LogP) is 4.79. The van der Waals surface area contributed by atoms with Gasteiger partial charge in [-0.15, -0.1) is 0 Å². The summed E-state index contributed by atoms with van der Waals surface area (Å²) < 4.78 is 0. The van der Waals surface area contributed by atoms with E-state index in [4.69, 9.17) is 0 Å². The van der Waals surface area contributed by atoms with Crippen LogP contribution >= 0.6 is 0 Å². The summed E-state index contributed by atoms with van der Waals surface area (Å²) >= 11 is 0. The minimum Gasteiger partial charge on any atom is -0.0654 e. The van der Waals surface area contributed by atoms with E-state index in [-0.39, 0.29) is 23.1 Å². The van der Waals surface area contributed by atoms with Crippen LogP contribution in [0.4, 0.5) is 0 Å². The van der Waals surface area contributed by atoms with Crippen molar-refractivity contribution in [2.24, 2.45) is 0 Å². The number of hydrogen-bond donors (Lipinski definition) is 0. The zero-order valence-electron chi connectivity index (χ0n) is 10.5. The fraction of sp³-hybridized carbons (Fsp3) is 1.00. The van der Waals surface area contributed by atoms with Gasteiger partial charge in [-0.05, 0) is 0 Å². The molecule has 15 heavy (non-hydrogen) atoms. The van der Waals surface area contributed by atoms with E-state index in [1.54, 1.807) is 0 Å². The van der Waals surface area contributed by atoms with Gasteiger partial charge in [-0.1, -0.05) is 90.9 Å². The Labute approximate surface area is 114 Å². The number of hydrogen-bond acceptors (Lipinski definition) is 0. The van der Waals surface area contributed by atoms with Gasteiger partial charge in [-0.3, -0.25) is 0 Å². The van der Waals surface area contributed by atoms with Gasteiger partial charge in [0.25, 0.3) is 0 Å². The van der Waals surface area contributed by atoms with Crippen molar-refractivity contribution < 1.29 is 0 Å². The van der Waals surface area contributed by atoms with Gasteiger partial charge in [0.15, 0.2) is 0 Å². The summed E-state index contributed by atoms with van der Waals surface area (Å²) in [7, 11) is 0. The molecule has 0 spiro atoms. The van der Waals surface area contributed by atoms with Gasteiger partial charge in [0.05, 0.1) is 0 Å². The molecule has 0 amide bonds. The minimum absolute atomic E-state index is 0. The Bertz CT molecular complexity index is 79.3. The lowest BCUT2D eigenvalue weighted by atomic mass is 10.1. The summed E-state index contributed by atoms with van der Waals surface area (Å²) in [5.74, 6) is 0. The molecule has 0 heterocycles. The Morgan fingerprint density at radius 3 is 0.800 bits per heavy atom. The predicted molar refractivity (Wildman–Crippen MR) is 75.3 cm³/mol. The van der Waals surface area contributed by atoms with Crippen LogP contribution in [0.1, 0.15) is 90.9 Å². The monoisotopic (exact) mass is 224 g/mol. The molecule has 0 radical (unpaired) electrons. The Kier molecular flexibility index (Phi) is 20.8. The quantitative estimate of drug-likeness (QED) is 0.350. The van der Waals surface area contributed by atoms with Crippen molar-refractivity contribution in [1.29, 1.82) is 0 Å². The molecule has 0 N–H and O–H groups in total. The summed E-state index contributed by atoms with van der Waals surface area (Å²) in [6.45, 7) is 4.57. The van der Waals surface area contributed by atoms with Crippen LogP contribution in [0.2, 0.25) is 0 Å². The second-order valence-corrected chi connectivity index (χ2v) is 4.54. The second kappa shape index (κ2) is 17.2. The Morgan fingerprint density at radius 2 is 0.600 bits per heavy atom. The highest BCUT2D eigenvalue weighted by molar-refractivity contribution is 5.75. The molecule has 0 unspecified atom stereocenters. The van der Waals surface area contributed by atoms with Crippen LogP contribution in [0.25, 0.3) is 0 Å². The molecule has 0 saturated heterocycles. The Balaban J connectivity index is 0. The molecule has 1 heteroatoms. The molecule has 0 aliphatic rings. The van der Waals surface area contributed by atoms with Gasteiger partial charge in [0.2, 0.25) is 0 Å². The number of unbranched alkanes of at least 4 members (excludes halogenated alkanes) is 11. The zero-order valence-corrected chi connectivity index (χ0v) is 10.5. The van der Waals surface area contributed by atoms with Crippen molar-refractivity contribution in [1.82, 2.24) is 0 Å². The molecule has 0 saturated carbocycles. The minimum atomic E-state index is 0. The fourth-order valence-corrected chi connectivity index (χ4v) is 1.91. The van der Waals surface area contributed by atoms with Crippen LogP contribution in [0, 0.1) is 0 Å². The van der Waals surface area contributed by atoms with Gasteiger partial charge in [0.1, 0.15) is 0 Å². The molecule has 0 bridgehead atoms. The maximum atomic E-state index is 2.29. The van der Waals surface area contributed by atoms with Crippen LogP contribution in [0.3, 0.4) is 0 Å². The largest absolute Gasteiger partial charge is 0.316 e. The molecular weight excluding hydrogens is 192 g/mol. The van der Waals surface area contributed by atoms with Crippen LogP contribution < -0.4 is 0 Å². The van der Waals surface area contributed by atoms with Crippen molar-refractivity contribution in [3.63, 3.8) is 0 Å². The zero-order chi connectivity index (χ0) is 10.5. The third-order valence-electron chi connectivity index (χ3n) is 2.96. The first-order chi connectivity index (χ1) is 6.91. The summed E-state index contributed by atoms with van der Waals surface area (Å²) in [4.78, 5) is 0. The first-order valence-corrected chi connectivity index (χ1v) is 6.91. The SMILES string of the molecule is CCCCCCCCCCCCCC.[MgH2]. The maximum absolute atomic E-state index is 2.29. The lowest BCUT2D eigenvalue weighted by Crippen LogP contribution is -1.81. The van der Waals surface area contributed by atoms with E-state index in [0.717, 1.165) is 0 Å². The van der Waals surface area contributed by atoms with Crippen molar-refractivity contribution in [3.8, 4) is 0 Å². The van der Waals surface area contributed by atoms with Crippen LogP contribution in [0.5, 0.6) is 0 Å². The molecule has 0 nitrogen and oxygen atoms in total. The van der Waals surface area contributed by atoms with E-state index in [1.807, 2.05) is 0 Å². The van der Waals surface area contributed by atoms with Crippen molar-refractivity contribution in [3.05, 3.63) is 0 Å². The molecule has 0 rings (SSSR count). The summed E-state index contributed by atoms with van der Waals surface area (Å²) in [5, 5.41) is 0. The second-order valence-electron chi connectivity index (χ2n) is 4.54. The summed E-state index contributed by atoms with van der Waals surface area (Å²) in [6, 6.07) is 0. The average molecular weight is 225 g/mol. The van der Waals surface area contributed by atoms with Gasteiger partial charge in [-0.25, -0.2) is 0 Å². The normalized spacial score (nSPS) is 10.0. The van der Waals surface area contributed by atoms with Crippen LogP contribution in [-0.4, -0.2) is 23.1 Å². The molecule has 0 aliphatic heterocycles. The van der Waals surface area contributed by atoms with Crippen LogP contribution in [0.15, 0.2) is 0 Å². The van der Waals surface area contributed by atoms with E-state index in [1.165, 1.54) is 77.0 Å². The maximum Gasteiger partial charge on any atom is 0.316 e. The summed E-state index contributed by atoms with van der Waals surface area (Å²) in [6.07, 6.45) is 17.4. The molecule has 0 aliphatic carbocycles. The average Bonchev–Trinajstić information content (AvgIpc) is 2.21. The van der Waals surface area contributed by atoms with Gasteiger partial charge < -0.3 is 0 Å². The molecule has 90 valence electrons. The van der Waals surface area contributed by atoms with Crippen molar-refractivity contribution in [2.75, 3.05) is 0 Å². The first kappa shape index (κ1) is 18.1. The summed E-state index contributed by atoms with van der Waals surface area (Å²) in [5.41, 5.74) is 0. The Morgan fingerprint density at radius 1 is 0.400 bits per heavy atom. The molecule has 0 aromatic carbocycles. The fourth-order valence-electron chi connectivity index (χ4n) is 1.91. The topological polar surface area (TPSA) is 0 Å². The third-order valence-corrected chi connectivity index (χ3v) is 2.96. The van der Waals surface area contributed by atoms with E-state index < -0.39 is 0 Å². The molecule has 0 aromatic rings. The lowest BCUT2D eigenvalue weighted by molar-refractivity contribution is 0.548. The van der Waals surface area contributed by atoms with E-state index in [2.05, 4.69) is 13.8 Å². The molecule has 0 fully saturated rings. The van der Waals surface area contributed by atoms with E-state index in [9.17, 15) is 0 Å². The Hall–Kier alpha value is 0.766. The van der Waals surface area contributed by atoms with Gasteiger partial charge in [-0.2, -0.15) is 0 Å². The van der Waals surface area contributed by atoms with Crippen molar-refractivity contribution >= 4 is 23.1 Å². The lowest BCUT2D eigenvalue weighted by Gasteiger charge is -2.01. The van der Waals surface area contributed by atoms with Crippen molar-refractivity contribution in [2.45, 2.75) is 90.9 Å². The van der Waals surface area contributed by atoms with E-state index >= 15 is 0 Å². The first-order valence-electron chi connectivity index (χ1n) is 6.91. The standard InChI is InChI=1S/C14H30.Mg.2H/c1-3-5-7-9-11-13-14-12-10-8-6-4-2;;;/h3-14H2,1-2H3;;;. The highest BCUT2D eigenvalue weighted by atomic mass is 24.3. The highest BCUT2D eigenvalue weighted by Crippen LogP contribution is 2.11. The van der Waals surface area contributed by atoms with Crippen LogP contribution in [-0.2, 0) is 0 Å². The van der Waals surface area contributed by atoms with E-state index in [0.29, 0.717) is 0 Å². The van der Waals surface area contributed by atoms with Gasteiger partial charge >= 0.3 is 23.1 Å². The van der Waals surface area contributed by atoms with Gasteiger partial charge in [0, 0.05) is 0 Å².